The number of alkyl halides is 3. The summed E-state index contributed by atoms with van der Waals surface area (Å²) in [6, 6.07) is 11.2. The van der Waals surface area contributed by atoms with Gasteiger partial charge in [-0.05, 0) is 29.8 Å². The van der Waals surface area contributed by atoms with Gasteiger partial charge in [0.15, 0.2) is 5.84 Å². The molecular formula is C26H23Cl3F2N4O5. The lowest BCUT2D eigenvalue weighted by molar-refractivity contribution is 0.150. The second kappa shape index (κ2) is 11.1. The molecule has 212 valence electrons. The number of amidine groups is 1. The minimum atomic E-state index is -3.89. The van der Waals surface area contributed by atoms with E-state index in [9.17, 15) is 5.11 Å². The number of hydrogen-bond acceptors (Lipinski definition) is 9. The molecule has 1 atom stereocenters. The highest BCUT2D eigenvalue weighted by Gasteiger charge is 2.52. The summed E-state index contributed by atoms with van der Waals surface area (Å²) in [5, 5.41) is 8.19. The van der Waals surface area contributed by atoms with Crippen LogP contribution >= 0.6 is 34.8 Å². The maximum atomic E-state index is 15.7. The van der Waals surface area contributed by atoms with Crippen molar-refractivity contribution in [3.05, 3.63) is 64.1 Å². The third-order valence-electron chi connectivity index (χ3n) is 5.93. The van der Waals surface area contributed by atoms with Crippen LogP contribution in [0.5, 0.6) is 28.7 Å². The van der Waals surface area contributed by atoms with Gasteiger partial charge in [0, 0.05) is 29.8 Å². The summed E-state index contributed by atoms with van der Waals surface area (Å²) in [5.41, 5.74) is 5.11. The van der Waals surface area contributed by atoms with Crippen LogP contribution in [0.2, 0.25) is 10.0 Å². The number of aliphatic imine (C=N–C) groups is 2. The standard InChI is InChI=1S/C26H23Cl3F2N4O5/c1-37-19-10-16(27)20(38-2)9-15(19)23-25(30,31)24(32)34-26(29,33-23)35(13-6-5-7-14(36)8-13)18-12-21(39-3)17(28)11-22(18)40-4/h5-12,36H,1-4H3,(H2,32,34). The third kappa shape index (κ3) is 5.12. The van der Waals surface area contributed by atoms with Crippen LogP contribution < -0.4 is 29.6 Å². The molecule has 0 radical (unpaired) electrons. The van der Waals surface area contributed by atoms with Gasteiger partial charge in [-0.25, -0.2) is 9.98 Å². The molecule has 1 unspecified atom stereocenters. The number of phenolic OH excluding ortho intramolecular Hbond substituents is 1. The number of ether oxygens (including phenoxy) is 4. The highest BCUT2D eigenvalue weighted by atomic mass is 35.5. The molecule has 0 amide bonds. The number of phenols is 1. The zero-order valence-electron chi connectivity index (χ0n) is 21.5. The topological polar surface area (TPSA) is 111 Å². The van der Waals surface area contributed by atoms with Gasteiger partial charge >= 0.3 is 11.2 Å². The second-order valence-corrected chi connectivity index (χ2v) is 9.61. The number of nitrogens with two attached hydrogens (primary N) is 1. The predicted molar refractivity (Wildman–Crippen MR) is 151 cm³/mol. The lowest BCUT2D eigenvalue weighted by Gasteiger charge is -2.39. The first-order valence-corrected chi connectivity index (χ1v) is 12.5. The first kappa shape index (κ1) is 29.3. The minimum Gasteiger partial charge on any atom is -0.508 e. The van der Waals surface area contributed by atoms with Crippen molar-refractivity contribution in [3.63, 3.8) is 0 Å². The van der Waals surface area contributed by atoms with E-state index < -0.39 is 22.7 Å². The average Bonchev–Trinajstić information content (AvgIpc) is 2.91. The fraction of sp³-hybridized carbons (Fsp3) is 0.231. The zero-order chi connectivity index (χ0) is 29.4. The molecule has 0 aliphatic carbocycles. The molecule has 0 bridgehead atoms. The quantitative estimate of drug-likeness (QED) is 0.229. The normalized spacial score (nSPS) is 17.9. The molecule has 0 spiro atoms. The Balaban J connectivity index is 2.08. The van der Waals surface area contributed by atoms with Crippen molar-refractivity contribution in [1.82, 2.24) is 0 Å². The van der Waals surface area contributed by atoms with Gasteiger partial charge in [-0.3, -0.25) is 4.90 Å². The Morgan fingerprint density at radius 1 is 0.825 bits per heavy atom. The Kier molecular flexibility index (Phi) is 8.11. The Hall–Kier alpha value is -3.67. The van der Waals surface area contributed by atoms with Gasteiger partial charge in [0.05, 0.1) is 49.9 Å². The Morgan fingerprint density at radius 3 is 1.98 bits per heavy atom. The van der Waals surface area contributed by atoms with E-state index in [1.165, 1.54) is 75.8 Å². The van der Waals surface area contributed by atoms with E-state index in [0.29, 0.717) is 0 Å². The summed E-state index contributed by atoms with van der Waals surface area (Å²) in [4.78, 5) is 9.40. The minimum absolute atomic E-state index is 0.0485. The first-order chi connectivity index (χ1) is 18.9. The van der Waals surface area contributed by atoms with Crippen molar-refractivity contribution < 1.29 is 32.8 Å². The van der Waals surface area contributed by atoms with Crippen LogP contribution in [0.1, 0.15) is 5.56 Å². The van der Waals surface area contributed by atoms with Gasteiger partial charge in [-0.1, -0.05) is 29.3 Å². The van der Waals surface area contributed by atoms with Crippen molar-refractivity contribution in [2.45, 2.75) is 11.2 Å². The molecule has 1 aliphatic heterocycles. The van der Waals surface area contributed by atoms with Crippen LogP contribution in [-0.2, 0) is 0 Å². The van der Waals surface area contributed by atoms with Crippen molar-refractivity contribution in [1.29, 1.82) is 0 Å². The lowest BCUT2D eigenvalue weighted by atomic mass is 10.0. The van der Waals surface area contributed by atoms with E-state index in [0.717, 1.165) is 0 Å². The molecule has 3 aromatic rings. The molecule has 0 fully saturated rings. The zero-order valence-corrected chi connectivity index (χ0v) is 23.8. The monoisotopic (exact) mass is 614 g/mol. The molecule has 1 heterocycles. The Morgan fingerprint density at radius 2 is 1.40 bits per heavy atom. The predicted octanol–water partition coefficient (Wildman–Crippen LogP) is 6.22. The maximum Gasteiger partial charge on any atom is 0.346 e. The maximum absolute atomic E-state index is 15.7. The van der Waals surface area contributed by atoms with Crippen LogP contribution in [-0.4, -0.2) is 56.3 Å². The van der Waals surface area contributed by atoms with Crippen molar-refractivity contribution in [2.24, 2.45) is 15.7 Å². The number of hydrogen-bond donors (Lipinski definition) is 2. The van der Waals surface area contributed by atoms with Crippen LogP contribution in [0.25, 0.3) is 0 Å². The molecular weight excluding hydrogens is 593 g/mol. The van der Waals surface area contributed by atoms with E-state index in [4.69, 9.17) is 59.5 Å². The fourth-order valence-electron chi connectivity index (χ4n) is 4.06. The van der Waals surface area contributed by atoms with E-state index in [-0.39, 0.29) is 55.7 Å². The van der Waals surface area contributed by atoms with Crippen LogP contribution in [0.4, 0.5) is 20.2 Å². The molecule has 1 aliphatic rings. The van der Waals surface area contributed by atoms with Crippen molar-refractivity contribution in [2.75, 3.05) is 33.3 Å². The number of nitrogens with zero attached hydrogens (tertiary/aromatic N) is 3. The molecule has 3 aromatic carbocycles. The van der Waals surface area contributed by atoms with Gasteiger partial charge < -0.3 is 29.8 Å². The smallest absolute Gasteiger partial charge is 0.346 e. The summed E-state index contributed by atoms with van der Waals surface area (Å²) in [6.45, 7) is 0. The summed E-state index contributed by atoms with van der Waals surface area (Å²) in [6.07, 6.45) is 0. The molecule has 9 nitrogen and oxygen atoms in total. The molecule has 0 aromatic heterocycles. The van der Waals surface area contributed by atoms with Crippen molar-refractivity contribution >= 4 is 57.7 Å². The molecule has 4 rings (SSSR count). The number of aromatic hydroxyl groups is 1. The van der Waals surface area contributed by atoms with Gasteiger partial charge in [0.1, 0.15) is 34.5 Å². The van der Waals surface area contributed by atoms with E-state index in [2.05, 4.69) is 9.98 Å². The molecule has 14 heteroatoms. The molecule has 3 N–H and O–H groups in total. The average molecular weight is 616 g/mol. The van der Waals surface area contributed by atoms with Crippen molar-refractivity contribution in [3.8, 4) is 28.7 Å². The number of methoxy groups -OCH3 is 4. The fourth-order valence-corrected chi connectivity index (χ4v) is 4.89. The summed E-state index contributed by atoms with van der Waals surface area (Å²) in [7, 11) is 5.36. The number of anilines is 2. The number of rotatable bonds is 8. The summed E-state index contributed by atoms with van der Waals surface area (Å²) in [5.74, 6) is -4.81. The first-order valence-electron chi connectivity index (χ1n) is 11.4. The van der Waals surface area contributed by atoms with E-state index in [1.807, 2.05) is 0 Å². The van der Waals surface area contributed by atoms with Gasteiger partial charge in [-0.2, -0.15) is 8.78 Å². The van der Waals surface area contributed by atoms with Crippen LogP contribution in [0.3, 0.4) is 0 Å². The molecule has 0 saturated carbocycles. The third-order valence-corrected chi connectivity index (χ3v) is 6.86. The lowest BCUT2D eigenvalue weighted by Crippen LogP contribution is -2.53. The van der Waals surface area contributed by atoms with Gasteiger partial charge in [0.2, 0.25) is 0 Å². The highest BCUT2D eigenvalue weighted by Crippen LogP contribution is 2.49. The highest BCUT2D eigenvalue weighted by molar-refractivity contribution is 6.34. The number of benzene rings is 3. The van der Waals surface area contributed by atoms with E-state index >= 15 is 8.78 Å². The van der Waals surface area contributed by atoms with Crippen LogP contribution in [0, 0.1) is 0 Å². The molecule has 40 heavy (non-hydrogen) atoms. The summed E-state index contributed by atoms with van der Waals surface area (Å²) >= 11 is 19.5. The Labute approximate surface area is 243 Å². The molecule has 0 saturated heterocycles. The SMILES string of the molecule is COc1cc(C2=NC(Cl)(N(c3cccc(O)c3)c3cc(OC)c(Cl)cc3OC)N=C(N)C2(F)F)c(OC)cc1Cl. The van der Waals surface area contributed by atoms with E-state index in [1.54, 1.807) is 6.07 Å². The van der Waals surface area contributed by atoms with Crippen LogP contribution in [0.15, 0.2) is 58.5 Å². The second-order valence-electron chi connectivity index (χ2n) is 8.29. The summed E-state index contributed by atoms with van der Waals surface area (Å²) < 4.78 is 52.8. The Bertz CT molecular complexity index is 1520. The van der Waals surface area contributed by atoms with Gasteiger partial charge in [0.25, 0.3) is 0 Å². The largest absolute Gasteiger partial charge is 0.508 e. The van der Waals surface area contributed by atoms with Gasteiger partial charge in [-0.15, -0.1) is 0 Å². The number of halogens is 5.